The maximum Gasteiger partial charge on any atom is 0.312 e. The molecule has 5 heteroatoms. The number of fused-ring (bicyclic) bond motifs is 1. The van der Waals surface area contributed by atoms with Crippen LogP contribution in [0.5, 0.6) is 11.5 Å². The van der Waals surface area contributed by atoms with Gasteiger partial charge in [0.2, 0.25) is 0 Å². The lowest BCUT2D eigenvalue weighted by Gasteiger charge is -2.22. The van der Waals surface area contributed by atoms with E-state index in [4.69, 9.17) is 8.92 Å². The molecule has 0 aromatic heterocycles. The Bertz CT molecular complexity index is 628. The molecule has 0 spiro atoms. The van der Waals surface area contributed by atoms with Gasteiger partial charge in [0.05, 0.1) is 11.9 Å². The Morgan fingerprint density at radius 1 is 1.19 bits per heavy atom. The quantitative estimate of drug-likeness (QED) is 0.803. The van der Waals surface area contributed by atoms with Crippen molar-refractivity contribution >= 4 is 10.1 Å². The van der Waals surface area contributed by atoms with Crippen LogP contribution in [0.15, 0.2) is 18.2 Å². The first-order valence-corrected chi connectivity index (χ1v) is 9.06. The molecule has 0 bridgehead atoms. The van der Waals surface area contributed by atoms with Crippen LogP contribution in [-0.4, -0.2) is 20.3 Å². The zero-order chi connectivity index (χ0) is 15.1. The first kappa shape index (κ1) is 14.7. The van der Waals surface area contributed by atoms with E-state index in [1.807, 2.05) is 6.07 Å². The van der Waals surface area contributed by atoms with Crippen molar-refractivity contribution in [2.75, 3.05) is 6.61 Å². The second kappa shape index (κ2) is 5.20. The molecule has 116 valence electrons. The number of ether oxygens (including phenoxy) is 1. The van der Waals surface area contributed by atoms with Crippen LogP contribution in [0, 0.1) is 0 Å². The second-order valence-electron chi connectivity index (χ2n) is 6.67. The Labute approximate surface area is 126 Å². The van der Waals surface area contributed by atoms with Gasteiger partial charge in [-0.1, -0.05) is 33.1 Å². The number of hydrogen-bond acceptors (Lipinski definition) is 4. The minimum Gasteiger partial charge on any atom is -0.492 e. The summed E-state index contributed by atoms with van der Waals surface area (Å²) in [4.78, 5) is 0. The van der Waals surface area contributed by atoms with E-state index in [1.54, 1.807) is 12.1 Å². The van der Waals surface area contributed by atoms with E-state index in [1.165, 1.54) is 0 Å². The molecule has 1 aromatic rings. The van der Waals surface area contributed by atoms with E-state index in [2.05, 4.69) is 13.8 Å². The van der Waals surface area contributed by atoms with E-state index in [9.17, 15) is 8.42 Å². The van der Waals surface area contributed by atoms with Crippen molar-refractivity contribution < 1.29 is 17.3 Å². The fraction of sp³-hybridized carbons (Fsp3) is 0.625. The first-order valence-electron chi connectivity index (χ1n) is 7.59. The maximum atomic E-state index is 12.4. The summed E-state index contributed by atoms with van der Waals surface area (Å²) in [5, 5.41) is -0.358. The highest BCUT2D eigenvalue weighted by atomic mass is 32.2. The van der Waals surface area contributed by atoms with Crippen molar-refractivity contribution in [3.05, 3.63) is 23.8 Å². The first-order chi connectivity index (χ1) is 9.88. The van der Waals surface area contributed by atoms with Crippen molar-refractivity contribution in [2.45, 2.75) is 56.6 Å². The molecule has 3 rings (SSSR count). The molecule has 0 unspecified atom stereocenters. The van der Waals surface area contributed by atoms with Crippen molar-refractivity contribution in [2.24, 2.45) is 0 Å². The number of benzene rings is 1. The molecule has 0 atom stereocenters. The summed E-state index contributed by atoms with van der Waals surface area (Å²) in [6.07, 6.45) is 4.48. The normalized spacial score (nSPS) is 21.6. The minimum atomic E-state index is -3.53. The second-order valence-corrected chi connectivity index (χ2v) is 8.49. The summed E-state index contributed by atoms with van der Waals surface area (Å²) in [6.45, 7) is 4.78. The summed E-state index contributed by atoms with van der Waals surface area (Å²) in [6, 6.07) is 5.29. The third-order valence-electron chi connectivity index (χ3n) is 4.44. The van der Waals surface area contributed by atoms with Gasteiger partial charge in [-0.25, -0.2) is 0 Å². The molecule has 0 radical (unpaired) electrons. The zero-order valence-corrected chi connectivity index (χ0v) is 13.4. The van der Waals surface area contributed by atoms with Crippen LogP contribution in [-0.2, 0) is 15.5 Å². The van der Waals surface area contributed by atoms with Gasteiger partial charge in [0, 0.05) is 11.0 Å². The standard InChI is InChI=1S/C16H22O4S/c1-16(2)11-19-15-9-8-12(10-14(15)16)20-21(17,18)13-6-4-3-5-7-13/h8-10,13H,3-7,11H2,1-2H3. The largest absolute Gasteiger partial charge is 0.492 e. The molecule has 1 aliphatic carbocycles. The van der Waals surface area contributed by atoms with Gasteiger partial charge in [-0.3, -0.25) is 0 Å². The number of hydrogen-bond donors (Lipinski definition) is 0. The number of rotatable bonds is 3. The van der Waals surface area contributed by atoms with E-state index in [-0.39, 0.29) is 10.7 Å². The molecule has 1 aromatic carbocycles. The summed E-state index contributed by atoms with van der Waals surface area (Å²) < 4.78 is 35.7. The third kappa shape index (κ3) is 2.89. The third-order valence-corrected chi connectivity index (χ3v) is 6.15. The Kier molecular flexibility index (Phi) is 3.64. The fourth-order valence-electron chi connectivity index (χ4n) is 3.11. The van der Waals surface area contributed by atoms with Crippen molar-refractivity contribution in [1.29, 1.82) is 0 Å². The van der Waals surface area contributed by atoms with Gasteiger partial charge in [0.15, 0.2) is 0 Å². The van der Waals surface area contributed by atoms with E-state index < -0.39 is 10.1 Å². The Morgan fingerprint density at radius 3 is 2.62 bits per heavy atom. The molecule has 4 nitrogen and oxygen atoms in total. The highest BCUT2D eigenvalue weighted by Crippen LogP contribution is 2.40. The average molecular weight is 310 g/mol. The van der Waals surface area contributed by atoms with Crippen LogP contribution >= 0.6 is 0 Å². The van der Waals surface area contributed by atoms with Crippen LogP contribution in [0.4, 0.5) is 0 Å². The topological polar surface area (TPSA) is 52.6 Å². The average Bonchev–Trinajstić information content (AvgIpc) is 2.75. The van der Waals surface area contributed by atoms with E-state index in [0.29, 0.717) is 25.2 Å². The van der Waals surface area contributed by atoms with Gasteiger partial charge in [-0.05, 0) is 31.0 Å². The smallest absolute Gasteiger partial charge is 0.312 e. The Hall–Kier alpha value is -1.23. The molecule has 21 heavy (non-hydrogen) atoms. The van der Waals surface area contributed by atoms with Crippen molar-refractivity contribution in [3.8, 4) is 11.5 Å². The van der Waals surface area contributed by atoms with Gasteiger partial charge in [0.1, 0.15) is 11.5 Å². The Morgan fingerprint density at radius 2 is 1.90 bits per heavy atom. The summed E-state index contributed by atoms with van der Waals surface area (Å²) in [5.41, 5.74) is 0.905. The van der Waals surface area contributed by atoms with Gasteiger partial charge in [-0.2, -0.15) is 8.42 Å². The van der Waals surface area contributed by atoms with Crippen LogP contribution in [0.3, 0.4) is 0 Å². The molecule has 0 saturated heterocycles. The molecule has 1 saturated carbocycles. The lowest BCUT2D eigenvalue weighted by Crippen LogP contribution is -2.28. The molecule has 2 aliphatic rings. The molecular weight excluding hydrogens is 288 g/mol. The highest BCUT2D eigenvalue weighted by Gasteiger charge is 2.33. The van der Waals surface area contributed by atoms with Crippen LogP contribution < -0.4 is 8.92 Å². The molecule has 1 fully saturated rings. The van der Waals surface area contributed by atoms with Crippen molar-refractivity contribution in [1.82, 2.24) is 0 Å². The van der Waals surface area contributed by atoms with Gasteiger partial charge in [-0.15, -0.1) is 0 Å². The van der Waals surface area contributed by atoms with Crippen LogP contribution in [0.25, 0.3) is 0 Å². The van der Waals surface area contributed by atoms with E-state index >= 15 is 0 Å². The fourth-order valence-corrected chi connectivity index (χ4v) is 4.53. The van der Waals surface area contributed by atoms with Gasteiger partial charge < -0.3 is 8.92 Å². The van der Waals surface area contributed by atoms with Gasteiger partial charge >= 0.3 is 10.1 Å². The molecule has 1 heterocycles. The van der Waals surface area contributed by atoms with Crippen molar-refractivity contribution in [3.63, 3.8) is 0 Å². The van der Waals surface area contributed by atoms with E-state index in [0.717, 1.165) is 30.6 Å². The summed E-state index contributed by atoms with van der Waals surface area (Å²) in [7, 11) is -3.53. The summed E-state index contributed by atoms with van der Waals surface area (Å²) >= 11 is 0. The Balaban J connectivity index is 1.82. The maximum absolute atomic E-state index is 12.4. The lowest BCUT2D eigenvalue weighted by atomic mass is 9.87. The monoisotopic (exact) mass is 310 g/mol. The summed E-state index contributed by atoms with van der Waals surface area (Å²) in [5.74, 6) is 1.22. The minimum absolute atomic E-state index is 0.108. The van der Waals surface area contributed by atoms with Crippen LogP contribution in [0.1, 0.15) is 51.5 Å². The van der Waals surface area contributed by atoms with Gasteiger partial charge in [0.25, 0.3) is 0 Å². The SMILES string of the molecule is CC1(C)COc2ccc(OS(=O)(=O)C3CCCCC3)cc21. The van der Waals surface area contributed by atoms with Crippen LogP contribution in [0.2, 0.25) is 0 Å². The lowest BCUT2D eigenvalue weighted by molar-refractivity contribution is 0.291. The molecule has 1 aliphatic heterocycles. The zero-order valence-electron chi connectivity index (χ0n) is 12.6. The predicted octanol–water partition coefficient (Wildman–Crippen LogP) is 3.40. The molecule has 0 amide bonds. The molecular formula is C16H22O4S. The highest BCUT2D eigenvalue weighted by molar-refractivity contribution is 7.87. The molecule has 0 N–H and O–H groups in total. The predicted molar refractivity (Wildman–Crippen MR) is 81.4 cm³/mol.